The third-order valence-corrected chi connectivity index (χ3v) is 26.7. The first-order chi connectivity index (χ1) is 19.6. The number of allylic oxidation sites excluding steroid dienone is 5. The molecule has 1 heterocycles. The summed E-state index contributed by atoms with van der Waals surface area (Å²) in [6.45, 7) is 39.4. The van der Waals surface area contributed by atoms with Crippen molar-refractivity contribution < 1.29 is 9.53 Å². The molecule has 0 spiro atoms. The predicted molar refractivity (Wildman–Crippen MR) is 192 cm³/mol. The number of carbonyl (C=O) groups excluding carboxylic acids is 1. The van der Waals surface area contributed by atoms with Gasteiger partial charge in [-0.3, -0.25) is 0 Å². The molecule has 0 radical (unpaired) electrons. The van der Waals surface area contributed by atoms with Crippen LogP contribution in [-0.4, -0.2) is 28.2 Å². The van der Waals surface area contributed by atoms with Crippen molar-refractivity contribution in [2.24, 2.45) is 23.2 Å². The van der Waals surface area contributed by atoms with Crippen LogP contribution in [-0.2, 0) is 9.53 Å². The summed E-state index contributed by atoms with van der Waals surface area (Å²) in [5, 5.41) is 0.703. The summed E-state index contributed by atoms with van der Waals surface area (Å²) >= 11 is 0. The number of rotatable bonds is 6. The second kappa shape index (κ2) is 11.9. The van der Waals surface area contributed by atoms with Gasteiger partial charge in [0, 0.05) is 12.0 Å². The van der Waals surface area contributed by atoms with Crippen molar-refractivity contribution >= 4 is 22.1 Å². The van der Waals surface area contributed by atoms with Crippen molar-refractivity contribution in [2.75, 3.05) is 0 Å². The van der Waals surface area contributed by atoms with Crippen LogP contribution in [0.4, 0.5) is 0 Å². The van der Waals surface area contributed by atoms with Crippen molar-refractivity contribution in [2.45, 2.75) is 167 Å². The van der Waals surface area contributed by atoms with Crippen LogP contribution >= 0.6 is 0 Å². The Morgan fingerprint density at radius 1 is 0.930 bits per heavy atom. The lowest BCUT2D eigenvalue weighted by atomic mass is 9.60. The summed E-state index contributed by atoms with van der Waals surface area (Å²) in [7, 11) is -3.22. The average molecular weight is 623 g/mol. The fourth-order valence-electron chi connectivity index (χ4n) is 9.52. The molecule has 1 saturated heterocycles. The van der Waals surface area contributed by atoms with E-state index < -0.39 is 16.1 Å². The summed E-state index contributed by atoms with van der Waals surface area (Å²) < 4.78 is 5.66. The second-order valence-corrected chi connectivity index (χ2v) is 30.0. The van der Waals surface area contributed by atoms with Gasteiger partial charge < -0.3 is 4.74 Å². The Kier molecular flexibility index (Phi) is 9.61. The van der Waals surface area contributed by atoms with E-state index in [1.165, 1.54) is 44.9 Å². The number of hydrogen-bond donors (Lipinski definition) is 0. The number of hydrogen-bond acceptors (Lipinski definition) is 2. The van der Waals surface area contributed by atoms with E-state index in [0.29, 0.717) is 56.3 Å². The number of carbonyl (C=O) groups is 1. The van der Waals surface area contributed by atoms with Crippen LogP contribution in [0, 0.1) is 23.2 Å². The SMILES string of the molecule is C=C1C[C@@H](C[C@@H](C)C2CC[C@H]3/C(=C/C=C4C[C@@H]([Si](C)(C)C(C)(C)C)C(=C)[C@H]([Si](C)(C)C(C)(C)C)C4)CCC[C@]23C)OC1=O. The highest BCUT2D eigenvalue weighted by atomic mass is 28.3. The van der Waals surface area contributed by atoms with Gasteiger partial charge in [-0.2, -0.15) is 0 Å². The molecule has 1 unspecified atom stereocenters. The number of cyclic esters (lactones) is 1. The summed E-state index contributed by atoms with van der Waals surface area (Å²) in [4.78, 5) is 12.0. The first-order valence-corrected chi connectivity index (χ1v) is 23.7. The highest BCUT2D eigenvalue weighted by Gasteiger charge is 2.53. The Hall–Kier alpha value is -1.14. The van der Waals surface area contributed by atoms with Crippen LogP contribution < -0.4 is 0 Å². The monoisotopic (exact) mass is 622 g/mol. The molecule has 3 saturated carbocycles. The zero-order valence-electron chi connectivity index (χ0n) is 30.2. The number of ether oxygens (including phenoxy) is 1. The minimum absolute atomic E-state index is 0.0322. The van der Waals surface area contributed by atoms with E-state index in [0.717, 1.165) is 6.42 Å². The molecule has 0 aromatic carbocycles. The van der Waals surface area contributed by atoms with Crippen LogP contribution in [0.1, 0.15) is 113 Å². The third kappa shape index (κ3) is 6.44. The second-order valence-electron chi connectivity index (χ2n) is 18.7. The smallest absolute Gasteiger partial charge is 0.333 e. The van der Waals surface area contributed by atoms with Gasteiger partial charge in [0.15, 0.2) is 0 Å². The van der Waals surface area contributed by atoms with E-state index in [-0.39, 0.29) is 12.1 Å². The summed E-state index contributed by atoms with van der Waals surface area (Å²) in [6.07, 6.45) is 15.9. The van der Waals surface area contributed by atoms with Gasteiger partial charge in [0.1, 0.15) is 6.10 Å². The Morgan fingerprint density at radius 3 is 1.98 bits per heavy atom. The van der Waals surface area contributed by atoms with Crippen molar-refractivity contribution in [3.05, 3.63) is 47.6 Å². The van der Waals surface area contributed by atoms with Gasteiger partial charge >= 0.3 is 5.97 Å². The lowest BCUT2D eigenvalue weighted by Crippen LogP contribution is -2.49. The topological polar surface area (TPSA) is 26.3 Å². The fourth-order valence-corrected chi connectivity index (χ4v) is 15.6. The van der Waals surface area contributed by atoms with E-state index in [9.17, 15) is 4.79 Å². The molecule has 4 rings (SSSR count). The molecule has 43 heavy (non-hydrogen) atoms. The van der Waals surface area contributed by atoms with Crippen LogP contribution in [0.15, 0.2) is 47.6 Å². The molecule has 4 fully saturated rings. The van der Waals surface area contributed by atoms with E-state index in [4.69, 9.17) is 11.3 Å². The highest BCUT2D eigenvalue weighted by Crippen LogP contribution is 2.62. The third-order valence-electron chi connectivity index (χ3n) is 14.4. The molecular weight excluding hydrogens is 557 g/mol. The van der Waals surface area contributed by atoms with Gasteiger partial charge in [0.05, 0.1) is 16.1 Å². The molecule has 4 heteroatoms. The average Bonchev–Trinajstić information content (AvgIpc) is 3.39. The maximum atomic E-state index is 12.0. The summed E-state index contributed by atoms with van der Waals surface area (Å²) in [5.74, 6) is 1.78. The Labute approximate surface area is 268 Å². The van der Waals surface area contributed by atoms with E-state index in [1.54, 1.807) is 16.7 Å². The highest BCUT2D eigenvalue weighted by molar-refractivity contribution is 6.84. The number of esters is 1. The maximum Gasteiger partial charge on any atom is 0.333 e. The first kappa shape index (κ1) is 34.7. The first-order valence-electron chi connectivity index (χ1n) is 17.6. The zero-order valence-corrected chi connectivity index (χ0v) is 32.2. The molecule has 0 N–H and O–H groups in total. The van der Waals surface area contributed by atoms with Crippen LogP contribution in [0.5, 0.6) is 0 Å². The minimum Gasteiger partial charge on any atom is -0.459 e. The van der Waals surface area contributed by atoms with Gasteiger partial charge in [0.2, 0.25) is 0 Å². The minimum atomic E-state index is -1.61. The molecule has 4 aliphatic rings. The van der Waals surface area contributed by atoms with Crippen molar-refractivity contribution in [1.82, 2.24) is 0 Å². The van der Waals surface area contributed by atoms with Gasteiger partial charge in [-0.05, 0) is 95.7 Å². The molecule has 7 atom stereocenters. The maximum absolute atomic E-state index is 12.0. The molecule has 0 bridgehead atoms. The molecule has 2 nitrogen and oxygen atoms in total. The van der Waals surface area contributed by atoms with Gasteiger partial charge in [-0.15, -0.1) is 0 Å². The molecule has 242 valence electrons. The van der Waals surface area contributed by atoms with E-state index >= 15 is 0 Å². The molecule has 0 amide bonds. The van der Waals surface area contributed by atoms with Gasteiger partial charge in [0.25, 0.3) is 0 Å². The fraction of sp³-hybridized carbons (Fsp3) is 0.769. The quantitative estimate of drug-likeness (QED) is 0.127. The zero-order chi connectivity index (χ0) is 32.3. The van der Waals surface area contributed by atoms with E-state index in [1.807, 2.05) is 0 Å². The van der Waals surface area contributed by atoms with Crippen LogP contribution in [0.25, 0.3) is 0 Å². The molecule has 3 aliphatic carbocycles. The van der Waals surface area contributed by atoms with Crippen molar-refractivity contribution in [3.63, 3.8) is 0 Å². The molecule has 1 aliphatic heterocycles. The normalized spacial score (nSPS) is 34.4. The lowest BCUT2D eigenvalue weighted by molar-refractivity contribution is -0.139. The molecule has 0 aromatic rings. The van der Waals surface area contributed by atoms with Crippen molar-refractivity contribution in [1.29, 1.82) is 0 Å². The molecule has 0 aromatic heterocycles. The summed E-state index contributed by atoms with van der Waals surface area (Å²) in [6, 6.07) is 0. The number of fused-ring (bicyclic) bond motifs is 1. The standard InChI is InChI=1S/C39H66O2Si2/c1-26(22-31-23-27(2)36(40)41-31)32-19-20-33-30(16-15-21-39(32,33)10)18-17-29-24-34(42(11,12)37(4,5)6)28(3)35(25-29)43(13,14)38(7,8)9/h17-18,26,31-35H,2-3,15-16,19-25H2,1,4-14H3/b30-18+/t26-,31-,32?,33+,34-,35-,39-/m1/s1. The lowest BCUT2D eigenvalue weighted by Gasteiger charge is -2.53. The Bertz CT molecular complexity index is 1120. The van der Waals surface area contributed by atoms with Crippen LogP contribution in [0.3, 0.4) is 0 Å². The van der Waals surface area contributed by atoms with Crippen LogP contribution in [0.2, 0.25) is 47.3 Å². The Morgan fingerprint density at radius 2 is 1.49 bits per heavy atom. The molecular formula is C39H66O2Si2. The van der Waals surface area contributed by atoms with E-state index in [2.05, 4.69) is 100 Å². The Balaban J connectivity index is 1.60. The van der Waals surface area contributed by atoms with Gasteiger partial charge in [-0.1, -0.05) is 124 Å². The largest absolute Gasteiger partial charge is 0.459 e. The van der Waals surface area contributed by atoms with Gasteiger partial charge in [-0.25, -0.2) is 4.79 Å². The van der Waals surface area contributed by atoms with Crippen molar-refractivity contribution in [3.8, 4) is 0 Å². The predicted octanol–water partition coefficient (Wildman–Crippen LogP) is 12.1. The summed E-state index contributed by atoms with van der Waals surface area (Å²) in [5.41, 5.74) is 7.34.